The summed E-state index contributed by atoms with van der Waals surface area (Å²) in [4.78, 5) is 6.94. The Hall–Kier alpha value is -1.69. The summed E-state index contributed by atoms with van der Waals surface area (Å²) in [6.45, 7) is 6.44. The van der Waals surface area contributed by atoms with Crippen molar-refractivity contribution in [2.75, 3.05) is 26.3 Å². The van der Waals surface area contributed by atoms with Crippen molar-refractivity contribution < 1.29 is 9.47 Å². The molecule has 0 radical (unpaired) electrons. The lowest BCUT2D eigenvalue weighted by Gasteiger charge is -2.30. The topological polar surface area (TPSA) is 39.5 Å². The molecule has 2 aromatic rings. The zero-order valence-electron chi connectivity index (χ0n) is 14.7. The predicted octanol–water partition coefficient (Wildman–Crippen LogP) is 2.71. The highest BCUT2D eigenvalue weighted by Gasteiger charge is 2.25. The molecule has 0 saturated carbocycles. The molecule has 1 atom stereocenters. The molecule has 2 aromatic heterocycles. The fourth-order valence-electron chi connectivity index (χ4n) is 3.86. The van der Waals surface area contributed by atoms with Crippen molar-refractivity contribution in [1.82, 2.24) is 14.5 Å². The van der Waals surface area contributed by atoms with E-state index in [-0.39, 0.29) is 6.10 Å². The monoisotopic (exact) mass is 341 g/mol. The number of rotatable bonds is 5. The van der Waals surface area contributed by atoms with E-state index >= 15 is 0 Å². The predicted molar refractivity (Wildman–Crippen MR) is 96.1 cm³/mol. The summed E-state index contributed by atoms with van der Waals surface area (Å²) in [6, 6.07) is 10.4. The molecule has 4 heterocycles. The van der Waals surface area contributed by atoms with Gasteiger partial charge in [-0.05, 0) is 43.0 Å². The second kappa shape index (κ2) is 8.13. The van der Waals surface area contributed by atoms with Crippen molar-refractivity contribution in [1.29, 1.82) is 0 Å². The Morgan fingerprint density at radius 3 is 2.88 bits per heavy atom. The zero-order chi connectivity index (χ0) is 16.9. The van der Waals surface area contributed by atoms with Crippen molar-refractivity contribution >= 4 is 0 Å². The Morgan fingerprint density at radius 1 is 1.12 bits per heavy atom. The molecule has 0 unspecified atom stereocenters. The fraction of sp³-hybridized carbons (Fsp3) is 0.550. The molecule has 5 nitrogen and oxygen atoms in total. The molecule has 0 N–H and O–H groups in total. The normalized spacial score (nSPS) is 22.5. The first-order valence-electron chi connectivity index (χ1n) is 9.32. The number of fused-ring (bicyclic) bond motifs is 1. The van der Waals surface area contributed by atoms with Gasteiger partial charge in [0.15, 0.2) is 0 Å². The SMILES string of the molecule is c1ccc(CO[C@@H]2CN(CC3CCOCC3)Cc3cccn3C2)nc1. The van der Waals surface area contributed by atoms with Crippen molar-refractivity contribution in [2.45, 2.75) is 38.6 Å². The van der Waals surface area contributed by atoms with E-state index in [4.69, 9.17) is 9.47 Å². The highest BCUT2D eigenvalue weighted by Crippen LogP contribution is 2.21. The molecule has 0 amide bonds. The lowest BCUT2D eigenvalue weighted by atomic mass is 9.99. The van der Waals surface area contributed by atoms with E-state index in [1.54, 1.807) is 0 Å². The van der Waals surface area contributed by atoms with Crippen LogP contribution in [0.4, 0.5) is 0 Å². The van der Waals surface area contributed by atoms with Crippen molar-refractivity contribution in [2.24, 2.45) is 5.92 Å². The minimum Gasteiger partial charge on any atom is -0.381 e. The number of ether oxygens (including phenoxy) is 2. The average molecular weight is 341 g/mol. The molecule has 0 bridgehead atoms. The third-order valence-electron chi connectivity index (χ3n) is 5.22. The van der Waals surface area contributed by atoms with Crippen molar-refractivity contribution in [3.63, 3.8) is 0 Å². The van der Waals surface area contributed by atoms with Crippen LogP contribution in [0.15, 0.2) is 42.7 Å². The van der Waals surface area contributed by atoms with Gasteiger partial charge >= 0.3 is 0 Å². The molecule has 4 rings (SSSR count). The van der Waals surface area contributed by atoms with Gasteiger partial charge in [0.1, 0.15) is 0 Å². The van der Waals surface area contributed by atoms with Crippen LogP contribution in [0.25, 0.3) is 0 Å². The molecule has 0 aliphatic carbocycles. The van der Waals surface area contributed by atoms with Gasteiger partial charge in [0, 0.05) is 57.5 Å². The highest BCUT2D eigenvalue weighted by molar-refractivity contribution is 5.09. The van der Waals surface area contributed by atoms with Crippen LogP contribution in [0.2, 0.25) is 0 Å². The van der Waals surface area contributed by atoms with Gasteiger partial charge < -0.3 is 14.0 Å². The summed E-state index contributed by atoms with van der Waals surface area (Å²) in [6.07, 6.45) is 6.54. The summed E-state index contributed by atoms with van der Waals surface area (Å²) in [5.41, 5.74) is 2.38. The Kier molecular flexibility index (Phi) is 5.45. The van der Waals surface area contributed by atoms with Gasteiger partial charge in [-0.1, -0.05) is 6.07 Å². The maximum Gasteiger partial charge on any atom is 0.0893 e. The van der Waals surface area contributed by atoms with E-state index < -0.39 is 0 Å². The van der Waals surface area contributed by atoms with E-state index in [1.807, 2.05) is 24.4 Å². The van der Waals surface area contributed by atoms with Gasteiger partial charge in [-0.15, -0.1) is 0 Å². The molecule has 134 valence electrons. The Morgan fingerprint density at radius 2 is 2.04 bits per heavy atom. The van der Waals surface area contributed by atoms with Gasteiger partial charge in [0.05, 0.1) is 18.4 Å². The summed E-state index contributed by atoms with van der Waals surface area (Å²) in [5, 5.41) is 0. The molecule has 2 aliphatic rings. The van der Waals surface area contributed by atoms with Crippen LogP contribution in [0.1, 0.15) is 24.2 Å². The first kappa shape index (κ1) is 16.8. The fourth-order valence-corrected chi connectivity index (χ4v) is 3.86. The number of hydrogen-bond donors (Lipinski definition) is 0. The van der Waals surface area contributed by atoms with Crippen LogP contribution in [-0.2, 0) is 29.2 Å². The molecular formula is C20H27N3O2. The van der Waals surface area contributed by atoms with Gasteiger partial charge in [0.2, 0.25) is 0 Å². The molecule has 25 heavy (non-hydrogen) atoms. The largest absolute Gasteiger partial charge is 0.381 e. The zero-order valence-corrected chi connectivity index (χ0v) is 14.7. The third kappa shape index (κ3) is 4.48. The van der Waals surface area contributed by atoms with Crippen LogP contribution in [0.5, 0.6) is 0 Å². The van der Waals surface area contributed by atoms with Gasteiger partial charge in [-0.2, -0.15) is 0 Å². The first-order chi connectivity index (χ1) is 12.4. The van der Waals surface area contributed by atoms with Crippen LogP contribution in [-0.4, -0.2) is 46.9 Å². The lowest BCUT2D eigenvalue weighted by molar-refractivity contribution is -0.000936. The maximum absolute atomic E-state index is 6.24. The van der Waals surface area contributed by atoms with Crippen molar-refractivity contribution in [3.05, 3.63) is 54.1 Å². The quantitative estimate of drug-likeness (QED) is 0.838. The van der Waals surface area contributed by atoms with Crippen LogP contribution in [0, 0.1) is 5.92 Å². The molecule has 1 saturated heterocycles. The van der Waals surface area contributed by atoms with Crippen LogP contribution < -0.4 is 0 Å². The minimum atomic E-state index is 0.190. The Labute approximate surface area is 149 Å². The molecule has 1 fully saturated rings. The lowest BCUT2D eigenvalue weighted by Crippen LogP contribution is -2.37. The molecule has 0 spiro atoms. The van der Waals surface area contributed by atoms with Gasteiger partial charge in [0.25, 0.3) is 0 Å². The number of nitrogens with zero attached hydrogens (tertiary/aromatic N) is 3. The maximum atomic E-state index is 6.24. The number of hydrogen-bond acceptors (Lipinski definition) is 4. The average Bonchev–Trinajstić information content (AvgIpc) is 3.01. The van der Waals surface area contributed by atoms with Crippen molar-refractivity contribution in [3.8, 4) is 0 Å². The Bertz CT molecular complexity index is 652. The Balaban J connectivity index is 1.41. The van der Waals surface area contributed by atoms with E-state index in [0.717, 1.165) is 51.0 Å². The molecule has 0 aromatic carbocycles. The standard InChI is InChI=1S/C20H27N3O2/c1-2-8-21-18(4-1)16-25-20-14-22(12-17-6-10-24-11-7-17)13-19-5-3-9-23(19)15-20/h1-5,8-9,17,20H,6-7,10-16H2/t20-/m1/s1. The second-order valence-corrected chi connectivity index (χ2v) is 7.16. The molecule has 2 aliphatic heterocycles. The summed E-state index contributed by atoms with van der Waals surface area (Å²) in [7, 11) is 0. The van der Waals surface area contributed by atoms with Crippen LogP contribution in [0.3, 0.4) is 0 Å². The minimum absolute atomic E-state index is 0.190. The first-order valence-corrected chi connectivity index (χ1v) is 9.32. The summed E-state index contributed by atoms with van der Waals surface area (Å²) in [5.74, 6) is 0.742. The van der Waals surface area contributed by atoms with E-state index in [2.05, 4.69) is 32.8 Å². The second-order valence-electron chi connectivity index (χ2n) is 7.16. The number of pyridine rings is 1. The highest BCUT2D eigenvalue weighted by atomic mass is 16.5. The summed E-state index contributed by atoms with van der Waals surface area (Å²) < 4.78 is 14.1. The van der Waals surface area contributed by atoms with E-state index in [9.17, 15) is 0 Å². The van der Waals surface area contributed by atoms with Gasteiger partial charge in [-0.3, -0.25) is 9.88 Å². The summed E-state index contributed by atoms with van der Waals surface area (Å²) >= 11 is 0. The third-order valence-corrected chi connectivity index (χ3v) is 5.22. The van der Waals surface area contributed by atoms with E-state index in [0.29, 0.717) is 6.61 Å². The molecule has 5 heteroatoms. The smallest absolute Gasteiger partial charge is 0.0893 e. The van der Waals surface area contributed by atoms with Crippen LogP contribution >= 0.6 is 0 Å². The number of aromatic nitrogens is 2. The molecular weight excluding hydrogens is 314 g/mol. The van der Waals surface area contributed by atoms with Gasteiger partial charge in [-0.25, -0.2) is 0 Å². The van der Waals surface area contributed by atoms with E-state index in [1.165, 1.54) is 18.5 Å².